The molecule has 1 spiro atoms. The van der Waals surface area contributed by atoms with E-state index in [1.54, 1.807) is 0 Å². The van der Waals surface area contributed by atoms with E-state index in [0.717, 1.165) is 25.7 Å². The van der Waals surface area contributed by atoms with Gasteiger partial charge in [0.2, 0.25) is 0 Å². The third-order valence-electron chi connectivity index (χ3n) is 4.20. The molecule has 2 rings (SSSR count). The normalized spacial score (nSPS) is 33.8. The number of halogens is 2. The summed E-state index contributed by atoms with van der Waals surface area (Å²) >= 11 is 0. The van der Waals surface area contributed by atoms with E-state index in [9.17, 15) is 13.9 Å². The molecule has 2 atom stereocenters. The van der Waals surface area contributed by atoms with Crippen LogP contribution in [0, 0.1) is 5.41 Å². The Morgan fingerprint density at radius 3 is 2.31 bits per heavy atom. The summed E-state index contributed by atoms with van der Waals surface area (Å²) in [6, 6.07) is 0. The molecule has 2 fully saturated rings. The van der Waals surface area contributed by atoms with Gasteiger partial charge < -0.3 is 9.84 Å². The Bertz CT molecular complexity index is 225. The zero-order valence-electron chi connectivity index (χ0n) is 9.50. The molecule has 0 aliphatic heterocycles. The van der Waals surface area contributed by atoms with E-state index in [4.69, 9.17) is 4.74 Å². The quantitative estimate of drug-likeness (QED) is 0.813. The molecule has 4 heteroatoms. The second-order valence-corrected chi connectivity index (χ2v) is 5.11. The molecule has 0 heterocycles. The molecular formula is C12H20F2O2. The number of hydrogen-bond donors (Lipinski definition) is 1. The molecule has 94 valence electrons. The van der Waals surface area contributed by atoms with Crippen molar-refractivity contribution in [3.05, 3.63) is 0 Å². The van der Waals surface area contributed by atoms with Gasteiger partial charge in [0.25, 0.3) is 6.43 Å². The fraction of sp³-hybridized carbons (Fsp3) is 1.00. The van der Waals surface area contributed by atoms with E-state index < -0.39 is 13.0 Å². The highest BCUT2D eigenvalue weighted by Gasteiger charge is 2.54. The molecule has 16 heavy (non-hydrogen) atoms. The highest BCUT2D eigenvalue weighted by molar-refractivity contribution is 5.04. The van der Waals surface area contributed by atoms with Crippen LogP contribution in [0.3, 0.4) is 0 Å². The lowest BCUT2D eigenvalue weighted by Gasteiger charge is -2.53. The van der Waals surface area contributed by atoms with E-state index in [-0.39, 0.29) is 17.6 Å². The maximum absolute atomic E-state index is 12.1. The highest BCUT2D eigenvalue weighted by Crippen LogP contribution is 2.52. The Kier molecular flexibility index (Phi) is 3.80. The second kappa shape index (κ2) is 4.96. The van der Waals surface area contributed by atoms with Crippen LogP contribution in [0.4, 0.5) is 8.78 Å². The van der Waals surface area contributed by atoms with Crippen molar-refractivity contribution in [2.24, 2.45) is 5.41 Å². The van der Waals surface area contributed by atoms with Crippen LogP contribution >= 0.6 is 0 Å². The molecule has 0 aromatic rings. The van der Waals surface area contributed by atoms with Crippen LogP contribution in [-0.4, -0.2) is 30.3 Å². The summed E-state index contributed by atoms with van der Waals surface area (Å²) in [6.07, 6.45) is 4.07. The van der Waals surface area contributed by atoms with Gasteiger partial charge in [-0.2, -0.15) is 0 Å². The second-order valence-electron chi connectivity index (χ2n) is 5.11. The first-order valence-electron chi connectivity index (χ1n) is 6.23. The van der Waals surface area contributed by atoms with Crippen molar-refractivity contribution in [3.8, 4) is 0 Å². The minimum absolute atomic E-state index is 0.144. The van der Waals surface area contributed by atoms with Gasteiger partial charge in [0.05, 0.1) is 12.2 Å². The van der Waals surface area contributed by atoms with Crippen molar-refractivity contribution in [1.29, 1.82) is 0 Å². The zero-order chi connectivity index (χ0) is 11.6. The molecule has 1 N–H and O–H groups in total. The molecule has 0 bridgehead atoms. The molecule has 0 aromatic heterocycles. The SMILES string of the molecule is OC1CC(OCC(F)F)C12CCCCCC2. The van der Waals surface area contributed by atoms with Crippen LogP contribution in [0.5, 0.6) is 0 Å². The summed E-state index contributed by atoms with van der Waals surface area (Å²) in [5, 5.41) is 9.92. The van der Waals surface area contributed by atoms with Crippen LogP contribution in [0.25, 0.3) is 0 Å². The van der Waals surface area contributed by atoms with E-state index in [1.165, 1.54) is 12.8 Å². The Hall–Kier alpha value is -0.220. The summed E-state index contributed by atoms with van der Waals surface area (Å²) in [6.45, 7) is -0.487. The fourth-order valence-corrected chi connectivity index (χ4v) is 3.19. The third-order valence-corrected chi connectivity index (χ3v) is 4.20. The molecule has 2 nitrogen and oxygen atoms in total. The molecule has 2 unspecified atom stereocenters. The third kappa shape index (κ3) is 2.23. The minimum atomic E-state index is -2.40. The molecule has 2 aliphatic carbocycles. The van der Waals surface area contributed by atoms with Gasteiger partial charge >= 0.3 is 0 Å². The first-order chi connectivity index (χ1) is 7.65. The van der Waals surface area contributed by atoms with Gasteiger partial charge in [0.1, 0.15) is 6.61 Å². The van der Waals surface area contributed by atoms with Crippen molar-refractivity contribution in [2.75, 3.05) is 6.61 Å². The van der Waals surface area contributed by atoms with Gasteiger partial charge in [-0.05, 0) is 12.8 Å². The maximum atomic E-state index is 12.1. The Labute approximate surface area is 95.0 Å². The fourth-order valence-electron chi connectivity index (χ4n) is 3.19. The number of alkyl halides is 2. The monoisotopic (exact) mass is 234 g/mol. The molecule has 2 saturated carbocycles. The summed E-state index contributed by atoms with van der Waals surface area (Å²) in [5.41, 5.74) is -0.203. The van der Waals surface area contributed by atoms with Gasteiger partial charge in [-0.1, -0.05) is 25.7 Å². The Morgan fingerprint density at radius 1 is 1.19 bits per heavy atom. The van der Waals surface area contributed by atoms with E-state index in [2.05, 4.69) is 0 Å². The average Bonchev–Trinajstić information content (AvgIpc) is 2.51. The number of aliphatic hydroxyl groups excluding tert-OH is 1. The molecule has 0 saturated heterocycles. The van der Waals surface area contributed by atoms with Gasteiger partial charge in [0.15, 0.2) is 0 Å². The highest BCUT2D eigenvalue weighted by atomic mass is 19.3. The van der Waals surface area contributed by atoms with E-state index in [1.807, 2.05) is 0 Å². The Balaban J connectivity index is 1.93. The number of aliphatic hydroxyl groups is 1. The van der Waals surface area contributed by atoms with Crippen molar-refractivity contribution < 1.29 is 18.6 Å². The first kappa shape index (κ1) is 12.2. The van der Waals surface area contributed by atoms with Gasteiger partial charge in [0, 0.05) is 11.8 Å². The lowest BCUT2D eigenvalue weighted by atomic mass is 9.59. The Morgan fingerprint density at radius 2 is 1.81 bits per heavy atom. The van der Waals surface area contributed by atoms with Crippen LogP contribution < -0.4 is 0 Å². The zero-order valence-corrected chi connectivity index (χ0v) is 9.50. The number of hydrogen-bond acceptors (Lipinski definition) is 2. The lowest BCUT2D eigenvalue weighted by Crippen LogP contribution is -2.58. The lowest BCUT2D eigenvalue weighted by molar-refractivity contribution is -0.208. The summed E-state index contributed by atoms with van der Waals surface area (Å²) in [5.74, 6) is 0. The topological polar surface area (TPSA) is 29.5 Å². The number of ether oxygens (including phenoxy) is 1. The standard InChI is InChI=1S/C12H20F2O2/c13-11(14)8-16-10-7-9(15)12(10)5-3-1-2-4-6-12/h9-11,15H,1-8H2. The van der Waals surface area contributed by atoms with Crippen LogP contribution in [0.15, 0.2) is 0 Å². The van der Waals surface area contributed by atoms with Crippen molar-refractivity contribution >= 4 is 0 Å². The maximum Gasteiger partial charge on any atom is 0.261 e. The average molecular weight is 234 g/mol. The van der Waals surface area contributed by atoms with Crippen molar-refractivity contribution in [3.63, 3.8) is 0 Å². The van der Waals surface area contributed by atoms with Crippen molar-refractivity contribution in [2.45, 2.75) is 63.6 Å². The molecule has 0 radical (unpaired) electrons. The summed E-state index contributed by atoms with van der Waals surface area (Å²) in [7, 11) is 0. The van der Waals surface area contributed by atoms with Gasteiger partial charge in [-0.3, -0.25) is 0 Å². The van der Waals surface area contributed by atoms with Crippen LogP contribution in [-0.2, 0) is 4.74 Å². The largest absolute Gasteiger partial charge is 0.392 e. The molecule has 0 amide bonds. The minimum Gasteiger partial charge on any atom is -0.392 e. The molecule has 0 aromatic carbocycles. The molecular weight excluding hydrogens is 214 g/mol. The van der Waals surface area contributed by atoms with Crippen LogP contribution in [0.1, 0.15) is 44.9 Å². The van der Waals surface area contributed by atoms with Gasteiger partial charge in [-0.25, -0.2) is 8.78 Å². The predicted molar refractivity (Wildman–Crippen MR) is 56.5 cm³/mol. The first-order valence-corrected chi connectivity index (χ1v) is 6.23. The summed E-state index contributed by atoms with van der Waals surface area (Å²) < 4.78 is 29.5. The predicted octanol–water partition coefficient (Wildman–Crippen LogP) is 2.74. The van der Waals surface area contributed by atoms with Crippen LogP contribution in [0.2, 0.25) is 0 Å². The van der Waals surface area contributed by atoms with Gasteiger partial charge in [-0.15, -0.1) is 0 Å². The van der Waals surface area contributed by atoms with E-state index in [0.29, 0.717) is 6.42 Å². The smallest absolute Gasteiger partial charge is 0.261 e. The number of rotatable bonds is 3. The van der Waals surface area contributed by atoms with E-state index >= 15 is 0 Å². The summed E-state index contributed by atoms with van der Waals surface area (Å²) in [4.78, 5) is 0. The van der Waals surface area contributed by atoms with Crippen molar-refractivity contribution in [1.82, 2.24) is 0 Å². The molecule has 2 aliphatic rings.